The number of anilines is 1. The van der Waals surface area contributed by atoms with Crippen LogP contribution in [0.15, 0.2) is 9.21 Å². The van der Waals surface area contributed by atoms with Gasteiger partial charge in [-0.25, -0.2) is 4.79 Å². The number of fused-ring (bicyclic) bond motifs is 1. The fourth-order valence-electron chi connectivity index (χ4n) is 2.70. The fourth-order valence-corrected chi connectivity index (χ4v) is 3.79. The third-order valence-electron chi connectivity index (χ3n) is 4.07. The van der Waals surface area contributed by atoms with E-state index in [2.05, 4.69) is 22.5 Å². The van der Waals surface area contributed by atoms with Crippen LogP contribution >= 0.6 is 11.3 Å². The van der Waals surface area contributed by atoms with Crippen molar-refractivity contribution in [2.45, 2.75) is 59.3 Å². The molecule has 0 fully saturated rings. The van der Waals surface area contributed by atoms with E-state index >= 15 is 0 Å². The Balaban J connectivity index is 2.03. The van der Waals surface area contributed by atoms with Gasteiger partial charge in [-0.3, -0.25) is 4.79 Å². The lowest BCUT2D eigenvalue weighted by Gasteiger charge is -2.04. The molecule has 1 amide bonds. The van der Waals surface area contributed by atoms with Gasteiger partial charge >= 0.3 is 5.63 Å². The van der Waals surface area contributed by atoms with Crippen molar-refractivity contribution in [2.24, 2.45) is 0 Å². The normalized spacial score (nSPS) is 11.0. The Bertz CT molecular complexity index is 767. The average molecular weight is 365 g/mol. The van der Waals surface area contributed by atoms with Crippen molar-refractivity contribution in [3.05, 3.63) is 20.9 Å². The maximum atomic E-state index is 12.2. The van der Waals surface area contributed by atoms with Gasteiger partial charge in [-0.05, 0) is 25.8 Å². The van der Waals surface area contributed by atoms with E-state index in [1.165, 1.54) is 37.0 Å². The Hall–Kier alpha value is -1.89. The lowest BCUT2D eigenvalue weighted by molar-refractivity contribution is 0.0959. The first-order valence-corrected chi connectivity index (χ1v) is 9.86. The van der Waals surface area contributed by atoms with E-state index < -0.39 is 5.63 Å². The number of thiophene rings is 1. The van der Waals surface area contributed by atoms with Gasteiger partial charge in [0.25, 0.3) is 11.9 Å². The molecule has 25 heavy (non-hydrogen) atoms. The van der Waals surface area contributed by atoms with Crippen molar-refractivity contribution < 1.29 is 9.21 Å². The zero-order valence-electron chi connectivity index (χ0n) is 15.2. The SMILES string of the molecule is CCCCCCCCNc1nc2sc(C(=O)NCC)c(C)c2c(=O)o1. The number of unbranched alkanes of at least 4 members (excludes halogenated alkanes) is 5. The van der Waals surface area contributed by atoms with Gasteiger partial charge in [0.05, 0.1) is 4.88 Å². The highest BCUT2D eigenvalue weighted by Gasteiger charge is 2.19. The van der Waals surface area contributed by atoms with Gasteiger partial charge in [0.1, 0.15) is 10.2 Å². The molecule has 2 rings (SSSR count). The van der Waals surface area contributed by atoms with E-state index in [4.69, 9.17) is 4.42 Å². The number of carbonyl (C=O) groups excluding carboxylic acids is 1. The predicted octanol–water partition coefficient (Wildman–Crippen LogP) is 4.08. The Kier molecular flexibility index (Phi) is 7.43. The van der Waals surface area contributed by atoms with E-state index in [0.29, 0.717) is 27.2 Å². The molecular formula is C18H27N3O3S. The van der Waals surface area contributed by atoms with Crippen molar-refractivity contribution in [1.82, 2.24) is 10.3 Å². The van der Waals surface area contributed by atoms with Gasteiger partial charge in [-0.1, -0.05) is 39.0 Å². The van der Waals surface area contributed by atoms with Crippen LogP contribution in [0, 0.1) is 6.92 Å². The summed E-state index contributed by atoms with van der Waals surface area (Å²) >= 11 is 1.23. The van der Waals surface area contributed by atoms with Crippen LogP contribution in [0.25, 0.3) is 10.2 Å². The summed E-state index contributed by atoms with van der Waals surface area (Å²) in [5, 5.41) is 6.24. The second kappa shape index (κ2) is 9.56. The molecule has 0 bridgehead atoms. The highest BCUT2D eigenvalue weighted by molar-refractivity contribution is 7.20. The van der Waals surface area contributed by atoms with Crippen molar-refractivity contribution >= 4 is 33.5 Å². The fraction of sp³-hybridized carbons (Fsp3) is 0.611. The number of rotatable bonds is 10. The first-order valence-electron chi connectivity index (χ1n) is 9.04. The molecule has 0 saturated heterocycles. The molecule has 6 nitrogen and oxygen atoms in total. The Morgan fingerprint density at radius 3 is 2.60 bits per heavy atom. The Morgan fingerprint density at radius 2 is 1.88 bits per heavy atom. The van der Waals surface area contributed by atoms with Crippen molar-refractivity contribution in [3.63, 3.8) is 0 Å². The topological polar surface area (TPSA) is 84.2 Å². The zero-order valence-corrected chi connectivity index (χ0v) is 16.1. The minimum Gasteiger partial charge on any atom is -0.389 e. The molecule has 2 heterocycles. The number of carbonyl (C=O) groups is 1. The number of hydrogen-bond donors (Lipinski definition) is 2. The third kappa shape index (κ3) is 5.04. The van der Waals surface area contributed by atoms with E-state index in [0.717, 1.165) is 19.4 Å². The summed E-state index contributed by atoms with van der Waals surface area (Å²) in [6.45, 7) is 7.08. The van der Waals surface area contributed by atoms with Crippen LogP contribution in [0.2, 0.25) is 0 Å². The lowest BCUT2D eigenvalue weighted by atomic mass is 10.1. The van der Waals surface area contributed by atoms with Gasteiger partial charge in [0, 0.05) is 13.1 Å². The molecule has 2 N–H and O–H groups in total. The van der Waals surface area contributed by atoms with E-state index in [1.807, 2.05) is 6.92 Å². The summed E-state index contributed by atoms with van der Waals surface area (Å²) in [5.41, 5.74) is 0.189. The molecule has 2 aromatic heterocycles. The molecule has 2 aromatic rings. The van der Waals surface area contributed by atoms with Crippen LogP contribution in [0.5, 0.6) is 0 Å². The molecule has 0 aliphatic carbocycles. The minimum absolute atomic E-state index is 0.177. The largest absolute Gasteiger partial charge is 0.389 e. The summed E-state index contributed by atoms with van der Waals surface area (Å²) in [4.78, 5) is 29.8. The second-order valence-corrected chi connectivity index (χ2v) is 7.10. The standard InChI is InChI=1S/C18H27N3O3S/c1-4-6-7-8-9-10-11-20-18-21-16-13(17(23)24-18)12(3)14(25-16)15(22)19-5-2/h4-11H2,1-3H3,(H,19,22)(H,20,21). The zero-order chi connectivity index (χ0) is 18.2. The highest BCUT2D eigenvalue weighted by Crippen LogP contribution is 2.28. The molecule has 0 unspecified atom stereocenters. The van der Waals surface area contributed by atoms with Crippen molar-refractivity contribution in [3.8, 4) is 0 Å². The van der Waals surface area contributed by atoms with Crippen LogP contribution in [0.3, 0.4) is 0 Å². The van der Waals surface area contributed by atoms with Crippen LogP contribution in [0.4, 0.5) is 6.01 Å². The molecule has 0 aromatic carbocycles. The maximum Gasteiger partial charge on any atom is 0.349 e. The first-order chi connectivity index (χ1) is 12.1. The van der Waals surface area contributed by atoms with E-state index in [1.54, 1.807) is 6.92 Å². The van der Waals surface area contributed by atoms with Crippen LogP contribution in [-0.4, -0.2) is 24.0 Å². The Morgan fingerprint density at radius 1 is 1.16 bits per heavy atom. The van der Waals surface area contributed by atoms with Gasteiger partial charge in [-0.2, -0.15) is 4.98 Å². The maximum absolute atomic E-state index is 12.2. The van der Waals surface area contributed by atoms with Crippen LogP contribution in [0.1, 0.15) is 67.6 Å². The van der Waals surface area contributed by atoms with Gasteiger partial charge < -0.3 is 15.1 Å². The van der Waals surface area contributed by atoms with Crippen LogP contribution < -0.4 is 16.3 Å². The van der Waals surface area contributed by atoms with Gasteiger partial charge in [0.15, 0.2) is 0 Å². The predicted molar refractivity (Wildman–Crippen MR) is 103 cm³/mol. The molecule has 0 radical (unpaired) electrons. The average Bonchev–Trinajstić information content (AvgIpc) is 2.91. The molecule has 0 aliphatic rings. The number of nitrogens with zero attached hydrogens (tertiary/aromatic N) is 1. The number of aromatic nitrogens is 1. The van der Waals surface area contributed by atoms with Crippen molar-refractivity contribution in [1.29, 1.82) is 0 Å². The number of aryl methyl sites for hydroxylation is 1. The van der Waals surface area contributed by atoms with Crippen molar-refractivity contribution in [2.75, 3.05) is 18.4 Å². The van der Waals surface area contributed by atoms with E-state index in [-0.39, 0.29) is 11.9 Å². The summed E-state index contributed by atoms with van der Waals surface area (Å²) in [6, 6.07) is 0.231. The molecule has 0 aliphatic heterocycles. The number of nitrogens with one attached hydrogen (secondary N) is 2. The molecule has 0 spiro atoms. The molecule has 138 valence electrons. The van der Waals surface area contributed by atoms with E-state index in [9.17, 15) is 9.59 Å². The Labute approximate surface area is 152 Å². The monoisotopic (exact) mass is 365 g/mol. The molecule has 7 heteroatoms. The number of amides is 1. The summed E-state index contributed by atoms with van der Waals surface area (Å²) in [7, 11) is 0. The third-order valence-corrected chi connectivity index (χ3v) is 5.26. The first kappa shape index (κ1) is 19.4. The van der Waals surface area contributed by atoms with Crippen LogP contribution in [-0.2, 0) is 0 Å². The highest BCUT2D eigenvalue weighted by atomic mass is 32.1. The summed E-state index contributed by atoms with van der Waals surface area (Å²) in [6.07, 6.45) is 7.19. The quantitative estimate of drug-likeness (QED) is 0.620. The number of hydrogen-bond acceptors (Lipinski definition) is 6. The lowest BCUT2D eigenvalue weighted by Crippen LogP contribution is -2.22. The summed E-state index contributed by atoms with van der Waals surface area (Å²) in [5.74, 6) is -0.177. The minimum atomic E-state index is -0.445. The van der Waals surface area contributed by atoms with Gasteiger partial charge in [0.2, 0.25) is 0 Å². The van der Waals surface area contributed by atoms with Gasteiger partial charge in [-0.15, -0.1) is 11.3 Å². The molecule has 0 saturated carbocycles. The molecular weight excluding hydrogens is 338 g/mol. The smallest absolute Gasteiger partial charge is 0.349 e. The summed E-state index contributed by atoms with van der Waals surface area (Å²) < 4.78 is 5.27. The molecule has 0 atom stereocenters. The second-order valence-electron chi connectivity index (χ2n) is 6.10.